The third-order valence-electron chi connectivity index (χ3n) is 4.39. The number of carbonyl (C=O) groups excluding carboxylic acids is 1. The topological polar surface area (TPSA) is 59.6 Å². The summed E-state index contributed by atoms with van der Waals surface area (Å²) in [6, 6.07) is 17.6. The predicted octanol–water partition coefficient (Wildman–Crippen LogP) is 5.75. The molecule has 0 spiro atoms. The number of benzene rings is 3. The largest absolute Gasteiger partial charge is 0.493 e. The highest BCUT2D eigenvalue weighted by atomic mass is 79.9. The fourth-order valence-corrected chi connectivity index (χ4v) is 3.35. The number of rotatable bonds is 8. The zero-order chi connectivity index (χ0) is 21.5. The van der Waals surface area contributed by atoms with Gasteiger partial charge in [0.25, 0.3) is 0 Å². The molecule has 30 heavy (non-hydrogen) atoms. The summed E-state index contributed by atoms with van der Waals surface area (Å²) in [6.07, 6.45) is 0. The van der Waals surface area contributed by atoms with Gasteiger partial charge in [0.05, 0.1) is 7.11 Å². The maximum Gasteiger partial charge on any atom is 0.221 e. The Morgan fingerprint density at radius 3 is 2.40 bits per heavy atom. The molecular formula is C23H22BrFN2O3. The first-order valence-electron chi connectivity index (χ1n) is 9.31. The first kappa shape index (κ1) is 21.6. The molecule has 7 heteroatoms. The standard InChI is InChI=1S/C23H22BrFN2O3/c1-15(28)27-18-9-7-17(8-10-18)26-13-19-20(24)11-12-22(29-2)23(19)30-14-16-5-3-4-6-21(16)25/h3-12,26H,13-14H2,1-2H3,(H,27,28). The van der Waals surface area contributed by atoms with E-state index in [0.29, 0.717) is 23.6 Å². The van der Waals surface area contributed by atoms with E-state index < -0.39 is 0 Å². The number of halogens is 2. The summed E-state index contributed by atoms with van der Waals surface area (Å²) < 4.78 is 26.3. The highest BCUT2D eigenvalue weighted by Gasteiger charge is 2.15. The van der Waals surface area contributed by atoms with Crippen LogP contribution in [-0.4, -0.2) is 13.0 Å². The van der Waals surface area contributed by atoms with Crippen molar-refractivity contribution >= 4 is 33.2 Å². The van der Waals surface area contributed by atoms with Crippen molar-refractivity contribution in [1.82, 2.24) is 0 Å². The molecule has 0 radical (unpaired) electrons. The number of nitrogens with one attached hydrogen (secondary N) is 2. The minimum Gasteiger partial charge on any atom is -0.493 e. The Kier molecular flexibility index (Phi) is 7.30. The highest BCUT2D eigenvalue weighted by molar-refractivity contribution is 9.10. The van der Waals surface area contributed by atoms with Gasteiger partial charge in [0.2, 0.25) is 5.91 Å². The number of amides is 1. The SMILES string of the molecule is COc1ccc(Br)c(CNc2ccc(NC(C)=O)cc2)c1OCc1ccccc1F. The summed E-state index contributed by atoms with van der Waals surface area (Å²) in [4.78, 5) is 11.1. The molecule has 0 aliphatic carbocycles. The molecule has 0 fully saturated rings. The van der Waals surface area contributed by atoms with Gasteiger partial charge in [-0.15, -0.1) is 0 Å². The molecule has 0 aromatic heterocycles. The maximum absolute atomic E-state index is 14.0. The zero-order valence-electron chi connectivity index (χ0n) is 16.7. The van der Waals surface area contributed by atoms with Crippen LogP contribution in [0.2, 0.25) is 0 Å². The van der Waals surface area contributed by atoms with Crippen LogP contribution in [0.1, 0.15) is 18.1 Å². The second-order valence-electron chi connectivity index (χ2n) is 6.55. The van der Waals surface area contributed by atoms with Crippen LogP contribution in [0.5, 0.6) is 11.5 Å². The van der Waals surface area contributed by atoms with Crippen LogP contribution in [0.4, 0.5) is 15.8 Å². The molecule has 0 aliphatic heterocycles. The Hall–Kier alpha value is -3.06. The Morgan fingerprint density at radius 2 is 1.73 bits per heavy atom. The van der Waals surface area contributed by atoms with Crippen molar-refractivity contribution in [3.8, 4) is 11.5 Å². The summed E-state index contributed by atoms with van der Waals surface area (Å²) in [7, 11) is 1.57. The number of ether oxygens (including phenoxy) is 2. The van der Waals surface area contributed by atoms with Crippen LogP contribution in [0.25, 0.3) is 0 Å². The Labute approximate surface area is 183 Å². The van der Waals surface area contributed by atoms with Crippen molar-refractivity contribution in [3.63, 3.8) is 0 Å². The summed E-state index contributed by atoms with van der Waals surface area (Å²) in [5, 5.41) is 6.07. The Balaban J connectivity index is 1.78. The predicted molar refractivity (Wildman–Crippen MR) is 119 cm³/mol. The van der Waals surface area contributed by atoms with Crippen LogP contribution in [0.15, 0.2) is 65.1 Å². The van der Waals surface area contributed by atoms with Gasteiger partial charge in [-0.1, -0.05) is 34.1 Å². The number of carbonyl (C=O) groups is 1. The maximum atomic E-state index is 14.0. The minimum atomic E-state index is -0.314. The second-order valence-corrected chi connectivity index (χ2v) is 7.40. The molecule has 0 aliphatic rings. The normalized spacial score (nSPS) is 10.4. The van der Waals surface area contributed by atoms with Crippen LogP contribution in [0, 0.1) is 5.82 Å². The van der Waals surface area contributed by atoms with Gasteiger partial charge in [-0.25, -0.2) is 4.39 Å². The minimum absolute atomic E-state index is 0.0812. The lowest BCUT2D eigenvalue weighted by Gasteiger charge is -2.18. The van der Waals surface area contributed by atoms with Crippen LogP contribution >= 0.6 is 15.9 Å². The van der Waals surface area contributed by atoms with Crippen molar-refractivity contribution in [3.05, 3.63) is 82.1 Å². The summed E-state index contributed by atoms with van der Waals surface area (Å²) in [5.74, 6) is 0.669. The number of methoxy groups -OCH3 is 1. The smallest absolute Gasteiger partial charge is 0.221 e. The first-order valence-corrected chi connectivity index (χ1v) is 10.1. The first-order chi connectivity index (χ1) is 14.5. The Morgan fingerprint density at radius 1 is 1.03 bits per heavy atom. The van der Waals surface area contributed by atoms with Gasteiger partial charge >= 0.3 is 0 Å². The number of hydrogen-bond donors (Lipinski definition) is 2. The van der Waals surface area contributed by atoms with Crippen LogP contribution < -0.4 is 20.1 Å². The fourth-order valence-electron chi connectivity index (χ4n) is 2.90. The molecule has 156 valence electrons. The molecule has 3 rings (SSSR count). The number of hydrogen-bond acceptors (Lipinski definition) is 4. The highest BCUT2D eigenvalue weighted by Crippen LogP contribution is 2.37. The van der Waals surface area contributed by atoms with Crippen molar-refractivity contribution in [2.45, 2.75) is 20.1 Å². The number of anilines is 2. The lowest BCUT2D eigenvalue weighted by molar-refractivity contribution is -0.114. The summed E-state index contributed by atoms with van der Waals surface area (Å²) in [5.41, 5.74) is 2.91. The van der Waals surface area contributed by atoms with E-state index in [-0.39, 0.29) is 18.3 Å². The third kappa shape index (κ3) is 5.51. The monoisotopic (exact) mass is 472 g/mol. The van der Waals surface area contributed by atoms with Gasteiger partial charge in [0.1, 0.15) is 12.4 Å². The fraction of sp³-hybridized carbons (Fsp3) is 0.174. The van der Waals surface area contributed by atoms with E-state index in [9.17, 15) is 9.18 Å². The molecular weight excluding hydrogens is 451 g/mol. The zero-order valence-corrected chi connectivity index (χ0v) is 18.3. The molecule has 0 bridgehead atoms. The summed E-state index contributed by atoms with van der Waals surface area (Å²) >= 11 is 3.57. The van der Waals surface area contributed by atoms with E-state index in [1.165, 1.54) is 13.0 Å². The molecule has 0 saturated carbocycles. The van der Waals surface area contributed by atoms with E-state index in [2.05, 4.69) is 26.6 Å². The van der Waals surface area contributed by atoms with E-state index >= 15 is 0 Å². The van der Waals surface area contributed by atoms with Gasteiger partial charge in [0, 0.05) is 40.4 Å². The van der Waals surface area contributed by atoms with Crippen LogP contribution in [-0.2, 0) is 17.9 Å². The lowest BCUT2D eigenvalue weighted by Crippen LogP contribution is -2.07. The molecule has 3 aromatic rings. The van der Waals surface area contributed by atoms with Crippen molar-refractivity contribution in [1.29, 1.82) is 0 Å². The molecule has 0 saturated heterocycles. The van der Waals surface area contributed by atoms with Crippen molar-refractivity contribution < 1.29 is 18.7 Å². The molecule has 0 heterocycles. The van der Waals surface area contributed by atoms with E-state index in [4.69, 9.17) is 9.47 Å². The molecule has 2 N–H and O–H groups in total. The van der Waals surface area contributed by atoms with Crippen LogP contribution in [0.3, 0.4) is 0 Å². The second kappa shape index (κ2) is 10.1. The lowest BCUT2D eigenvalue weighted by atomic mass is 10.1. The van der Waals surface area contributed by atoms with Crippen molar-refractivity contribution in [2.24, 2.45) is 0 Å². The van der Waals surface area contributed by atoms with E-state index in [0.717, 1.165) is 21.4 Å². The molecule has 0 unspecified atom stereocenters. The third-order valence-corrected chi connectivity index (χ3v) is 5.13. The quantitative estimate of drug-likeness (QED) is 0.438. The van der Waals surface area contributed by atoms with Crippen molar-refractivity contribution in [2.75, 3.05) is 17.7 Å². The molecule has 5 nitrogen and oxygen atoms in total. The van der Waals surface area contributed by atoms with Gasteiger partial charge in [0.15, 0.2) is 11.5 Å². The van der Waals surface area contributed by atoms with Gasteiger partial charge in [-0.3, -0.25) is 4.79 Å². The molecule has 0 atom stereocenters. The average Bonchev–Trinajstić information content (AvgIpc) is 2.73. The van der Waals surface area contributed by atoms with Gasteiger partial charge < -0.3 is 20.1 Å². The van der Waals surface area contributed by atoms with E-state index in [1.807, 2.05) is 30.3 Å². The Bertz CT molecular complexity index is 1030. The van der Waals surface area contributed by atoms with Gasteiger partial charge in [-0.2, -0.15) is 0 Å². The van der Waals surface area contributed by atoms with E-state index in [1.54, 1.807) is 31.4 Å². The molecule has 3 aromatic carbocycles. The average molecular weight is 473 g/mol. The van der Waals surface area contributed by atoms with Gasteiger partial charge in [-0.05, 0) is 42.5 Å². The molecule has 1 amide bonds. The summed E-state index contributed by atoms with van der Waals surface area (Å²) in [6.45, 7) is 2.00.